The molecule has 2 heterocycles. The lowest BCUT2D eigenvalue weighted by atomic mass is 10.2. The zero-order valence-corrected chi connectivity index (χ0v) is 18.2. The van der Waals surface area contributed by atoms with Gasteiger partial charge in [0.15, 0.2) is 12.3 Å². The van der Waals surface area contributed by atoms with Crippen molar-refractivity contribution in [2.45, 2.75) is 53.1 Å². The van der Waals surface area contributed by atoms with E-state index >= 15 is 0 Å². The number of rotatable bonds is 10. The summed E-state index contributed by atoms with van der Waals surface area (Å²) in [5.74, 6) is 0.887. The van der Waals surface area contributed by atoms with Crippen molar-refractivity contribution in [1.29, 1.82) is 0 Å². The van der Waals surface area contributed by atoms with Gasteiger partial charge in [0.05, 0.1) is 0 Å². The molecule has 0 atom stereocenters. The molecule has 0 radical (unpaired) electrons. The molecule has 9 heteroatoms. The second-order valence-electron chi connectivity index (χ2n) is 7.34. The third-order valence-corrected chi connectivity index (χ3v) is 4.83. The van der Waals surface area contributed by atoms with Gasteiger partial charge in [-0.25, -0.2) is 9.78 Å². The number of aromatic amines is 1. The Labute approximate surface area is 180 Å². The number of H-pyrrole nitrogens is 1. The van der Waals surface area contributed by atoms with Crippen molar-refractivity contribution in [2.75, 3.05) is 13.2 Å². The summed E-state index contributed by atoms with van der Waals surface area (Å²) in [6.45, 7) is 7.30. The van der Waals surface area contributed by atoms with E-state index in [2.05, 4.69) is 15.3 Å². The molecule has 0 aliphatic carbocycles. The van der Waals surface area contributed by atoms with Crippen molar-refractivity contribution in [1.82, 2.24) is 24.4 Å². The third kappa shape index (κ3) is 4.87. The molecular weight excluding hydrogens is 398 g/mol. The van der Waals surface area contributed by atoms with E-state index < -0.39 is 0 Å². The molecule has 9 nitrogen and oxygen atoms in total. The van der Waals surface area contributed by atoms with Gasteiger partial charge in [-0.15, -0.1) is 0 Å². The number of hydrogen-bond acceptors (Lipinski definition) is 5. The highest BCUT2D eigenvalue weighted by Crippen LogP contribution is 2.21. The minimum atomic E-state index is -0.356. The molecule has 3 aromatic rings. The van der Waals surface area contributed by atoms with Crippen LogP contribution in [0, 0.1) is 0 Å². The Balaban J connectivity index is 1.90. The van der Waals surface area contributed by atoms with Crippen molar-refractivity contribution in [3.8, 4) is 17.1 Å². The Morgan fingerprint density at radius 2 is 1.71 bits per heavy atom. The van der Waals surface area contributed by atoms with E-state index in [-0.39, 0.29) is 23.8 Å². The van der Waals surface area contributed by atoms with Gasteiger partial charge in [0, 0.05) is 25.2 Å². The molecule has 2 aromatic heterocycles. The lowest BCUT2D eigenvalue weighted by Gasteiger charge is -2.09. The highest BCUT2D eigenvalue weighted by atomic mass is 16.5. The van der Waals surface area contributed by atoms with Crippen LogP contribution in [0.5, 0.6) is 5.75 Å². The topological polar surface area (TPSA) is 111 Å². The van der Waals surface area contributed by atoms with Crippen LogP contribution in [0.15, 0.2) is 33.9 Å². The maximum atomic E-state index is 12.8. The van der Waals surface area contributed by atoms with Gasteiger partial charge in [-0.05, 0) is 43.5 Å². The number of benzene rings is 1. The van der Waals surface area contributed by atoms with Gasteiger partial charge < -0.3 is 15.0 Å². The largest absolute Gasteiger partial charge is 0.484 e. The van der Waals surface area contributed by atoms with Crippen LogP contribution < -0.4 is 21.3 Å². The number of fused-ring (bicyclic) bond motifs is 1. The normalized spacial score (nSPS) is 11.1. The summed E-state index contributed by atoms with van der Waals surface area (Å²) in [5, 5.41) is 2.76. The smallest absolute Gasteiger partial charge is 0.332 e. The summed E-state index contributed by atoms with van der Waals surface area (Å²) >= 11 is 0. The zero-order valence-electron chi connectivity index (χ0n) is 18.2. The molecule has 1 aromatic carbocycles. The molecule has 2 N–H and O–H groups in total. The number of aromatic nitrogens is 4. The number of carbonyl (C=O) groups is 1. The fraction of sp³-hybridized carbons (Fsp3) is 0.455. The predicted molar refractivity (Wildman–Crippen MR) is 119 cm³/mol. The second-order valence-corrected chi connectivity index (χ2v) is 7.34. The Morgan fingerprint density at radius 3 is 2.35 bits per heavy atom. The van der Waals surface area contributed by atoms with Crippen LogP contribution >= 0.6 is 0 Å². The Morgan fingerprint density at radius 1 is 1.03 bits per heavy atom. The average Bonchev–Trinajstić information content (AvgIpc) is 3.22. The standard InChI is InChI=1S/C22H29N5O4/c1-4-11-23-17(28)14-31-16-9-7-15(8-10-16)19-24-18-20(25-19)26(12-5-2)22(30)27(13-6-3)21(18)29/h7-10H,4-6,11-14H2,1-3H3,(H,23,28)(H,24,25). The number of carbonyl (C=O) groups excluding carboxylic acids is 1. The Bertz CT molecular complexity index is 1160. The number of nitrogens with one attached hydrogen (secondary N) is 2. The summed E-state index contributed by atoms with van der Waals surface area (Å²) < 4.78 is 8.32. The summed E-state index contributed by atoms with van der Waals surface area (Å²) in [7, 11) is 0. The summed E-state index contributed by atoms with van der Waals surface area (Å²) in [5.41, 5.74) is 0.753. The van der Waals surface area contributed by atoms with E-state index in [0.717, 1.165) is 18.4 Å². The molecule has 0 fully saturated rings. The first kappa shape index (κ1) is 22.3. The number of ether oxygens (including phenoxy) is 1. The highest BCUT2D eigenvalue weighted by molar-refractivity contribution is 5.77. The van der Waals surface area contributed by atoms with Crippen molar-refractivity contribution in [3.63, 3.8) is 0 Å². The fourth-order valence-electron chi connectivity index (χ4n) is 3.32. The van der Waals surface area contributed by atoms with Crippen molar-refractivity contribution in [2.24, 2.45) is 0 Å². The Kier molecular flexibility index (Phi) is 7.28. The molecule has 0 saturated heterocycles. The number of imidazole rings is 1. The van der Waals surface area contributed by atoms with E-state index in [1.54, 1.807) is 28.8 Å². The van der Waals surface area contributed by atoms with Gasteiger partial charge in [-0.2, -0.15) is 0 Å². The summed E-state index contributed by atoms with van der Waals surface area (Å²) in [4.78, 5) is 44.9. The van der Waals surface area contributed by atoms with Crippen LogP contribution in [0.3, 0.4) is 0 Å². The minimum Gasteiger partial charge on any atom is -0.484 e. The van der Waals surface area contributed by atoms with E-state index in [4.69, 9.17) is 4.74 Å². The maximum Gasteiger partial charge on any atom is 0.332 e. The van der Waals surface area contributed by atoms with Gasteiger partial charge in [0.25, 0.3) is 11.5 Å². The van der Waals surface area contributed by atoms with Gasteiger partial charge in [-0.1, -0.05) is 20.8 Å². The number of aryl methyl sites for hydroxylation is 1. The van der Waals surface area contributed by atoms with Crippen LogP contribution in [-0.4, -0.2) is 38.2 Å². The molecule has 166 valence electrons. The van der Waals surface area contributed by atoms with Gasteiger partial charge in [0.2, 0.25) is 0 Å². The molecular formula is C22H29N5O4. The van der Waals surface area contributed by atoms with Gasteiger partial charge >= 0.3 is 5.69 Å². The molecule has 0 bridgehead atoms. The lowest BCUT2D eigenvalue weighted by molar-refractivity contribution is -0.123. The van der Waals surface area contributed by atoms with Crippen molar-refractivity contribution < 1.29 is 9.53 Å². The van der Waals surface area contributed by atoms with Crippen LogP contribution in [0.4, 0.5) is 0 Å². The molecule has 3 rings (SSSR count). The molecule has 0 unspecified atom stereocenters. The number of amides is 1. The minimum absolute atomic E-state index is 0.0513. The molecule has 1 amide bonds. The van der Waals surface area contributed by atoms with E-state index in [9.17, 15) is 14.4 Å². The average molecular weight is 428 g/mol. The quantitative estimate of drug-likeness (QED) is 0.516. The molecule has 31 heavy (non-hydrogen) atoms. The van der Waals surface area contributed by atoms with Crippen LogP contribution in [-0.2, 0) is 17.9 Å². The predicted octanol–water partition coefficient (Wildman–Crippen LogP) is 2.28. The second kappa shape index (κ2) is 10.1. The Hall–Kier alpha value is -3.36. The number of nitrogens with zero attached hydrogens (tertiary/aromatic N) is 3. The van der Waals surface area contributed by atoms with Crippen molar-refractivity contribution >= 4 is 17.1 Å². The van der Waals surface area contributed by atoms with Crippen LogP contribution in [0.1, 0.15) is 40.0 Å². The molecule has 0 saturated carbocycles. The van der Waals surface area contributed by atoms with Crippen molar-refractivity contribution in [3.05, 3.63) is 45.1 Å². The monoisotopic (exact) mass is 427 g/mol. The van der Waals surface area contributed by atoms with Crippen LogP contribution in [0.2, 0.25) is 0 Å². The molecule has 0 aliphatic rings. The van der Waals surface area contributed by atoms with Crippen LogP contribution in [0.25, 0.3) is 22.6 Å². The summed E-state index contributed by atoms with van der Waals surface area (Å²) in [6, 6.07) is 7.07. The number of hydrogen-bond donors (Lipinski definition) is 2. The van der Waals surface area contributed by atoms with E-state index in [0.29, 0.717) is 48.8 Å². The first-order valence-electron chi connectivity index (χ1n) is 10.7. The maximum absolute atomic E-state index is 12.8. The SMILES string of the molecule is CCCNC(=O)COc1ccc(-c2nc3c([nH]2)c(=O)n(CCC)c(=O)n3CCC)cc1. The van der Waals surface area contributed by atoms with Gasteiger partial charge in [-0.3, -0.25) is 18.7 Å². The first-order chi connectivity index (χ1) is 15.0. The molecule has 0 aliphatic heterocycles. The van der Waals surface area contributed by atoms with Gasteiger partial charge in [0.1, 0.15) is 17.1 Å². The molecule has 0 spiro atoms. The summed E-state index contributed by atoms with van der Waals surface area (Å²) in [6.07, 6.45) is 2.30. The third-order valence-electron chi connectivity index (χ3n) is 4.83. The fourth-order valence-corrected chi connectivity index (χ4v) is 3.32. The highest BCUT2D eigenvalue weighted by Gasteiger charge is 2.17. The van der Waals surface area contributed by atoms with E-state index in [1.165, 1.54) is 4.57 Å². The van der Waals surface area contributed by atoms with E-state index in [1.807, 2.05) is 20.8 Å². The lowest BCUT2D eigenvalue weighted by Crippen LogP contribution is -2.40. The zero-order chi connectivity index (χ0) is 22.4. The first-order valence-corrected chi connectivity index (χ1v) is 10.7.